The van der Waals surface area contributed by atoms with Crippen LogP contribution < -0.4 is 15.0 Å². The standard InChI is InChI=1S/C20H23N3O5S/c1-22(2)29(26,27)18-9-7-14(8-10-18)20(25)21-15-11-19(24)23(13-15)16-5-4-6-17(12-16)28-3/h4-10,12,15H,11,13H2,1-3H3,(H,21,25)/t15-/m1/s1. The average molecular weight is 417 g/mol. The number of anilines is 1. The molecule has 2 aromatic carbocycles. The molecule has 29 heavy (non-hydrogen) atoms. The molecule has 3 rings (SSSR count). The van der Waals surface area contributed by atoms with E-state index in [2.05, 4.69) is 5.32 Å². The van der Waals surface area contributed by atoms with Gasteiger partial charge in [0.15, 0.2) is 0 Å². The maximum absolute atomic E-state index is 12.5. The Labute approximate surface area is 170 Å². The number of hydrogen-bond donors (Lipinski definition) is 1. The Kier molecular flexibility index (Phi) is 5.90. The van der Waals surface area contributed by atoms with E-state index in [0.717, 1.165) is 4.31 Å². The maximum atomic E-state index is 12.5. The van der Waals surface area contributed by atoms with Crippen molar-refractivity contribution in [2.45, 2.75) is 17.4 Å². The molecule has 0 aliphatic carbocycles. The molecular formula is C20H23N3O5S. The Bertz CT molecular complexity index is 1020. The lowest BCUT2D eigenvalue weighted by Crippen LogP contribution is -2.37. The number of methoxy groups -OCH3 is 1. The minimum Gasteiger partial charge on any atom is -0.497 e. The van der Waals surface area contributed by atoms with Gasteiger partial charge in [0, 0.05) is 44.4 Å². The summed E-state index contributed by atoms with van der Waals surface area (Å²) < 4.78 is 30.5. The Hall–Kier alpha value is -2.91. The summed E-state index contributed by atoms with van der Waals surface area (Å²) in [6, 6.07) is 12.6. The number of amides is 2. The average Bonchev–Trinajstić information content (AvgIpc) is 3.08. The molecule has 1 heterocycles. The summed E-state index contributed by atoms with van der Waals surface area (Å²) in [5, 5.41) is 2.84. The van der Waals surface area contributed by atoms with Crippen molar-refractivity contribution in [1.29, 1.82) is 0 Å². The number of ether oxygens (including phenoxy) is 1. The van der Waals surface area contributed by atoms with Crippen LogP contribution >= 0.6 is 0 Å². The lowest BCUT2D eigenvalue weighted by atomic mass is 10.2. The first-order chi connectivity index (χ1) is 13.7. The number of carbonyl (C=O) groups is 2. The van der Waals surface area contributed by atoms with Crippen molar-refractivity contribution < 1.29 is 22.7 Å². The predicted octanol–water partition coefficient (Wildman–Crippen LogP) is 1.48. The van der Waals surface area contributed by atoms with E-state index < -0.39 is 10.0 Å². The lowest BCUT2D eigenvalue weighted by molar-refractivity contribution is -0.117. The van der Waals surface area contributed by atoms with Crippen LogP contribution in [0.4, 0.5) is 5.69 Å². The molecule has 9 heteroatoms. The van der Waals surface area contributed by atoms with E-state index in [4.69, 9.17) is 4.74 Å². The minimum absolute atomic E-state index is 0.0871. The first-order valence-electron chi connectivity index (χ1n) is 9.00. The maximum Gasteiger partial charge on any atom is 0.251 e. The second-order valence-corrected chi connectivity index (χ2v) is 9.04. The summed E-state index contributed by atoms with van der Waals surface area (Å²) in [7, 11) is 0.897. The van der Waals surface area contributed by atoms with Crippen LogP contribution in [-0.2, 0) is 14.8 Å². The van der Waals surface area contributed by atoms with E-state index in [1.807, 2.05) is 6.07 Å². The van der Waals surface area contributed by atoms with Gasteiger partial charge in [-0.1, -0.05) is 6.07 Å². The molecule has 1 atom stereocenters. The summed E-state index contributed by atoms with van der Waals surface area (Å²) in [5.41, 5.74) is 1.04. The van der Waals surface area contributed by atoms with Crippen molar-refractivity contribution >= 4 is 27.5 Å². The SMILES string of the molecule is COc1cccc(N2C[C@H](NC(=O)c3ccc(S(=O)(=O)N(C)C)cc3)CC2=O)c1. The van der Waals surface area contributed by atoms with Crippen molar-refractivity contribution in [3.63, 3.8) is 0 Å². The Balaban J connectivity index is 1.68. The largest absolute Gasteiger partial charge is 0.497 e. The molecule has 1 N–H and O–H groups in total. The predicted molar refractivity (Wildman–Crippen MR) is 109 cm³/mol. The molecule has 2 amide bonds. The van der Waals surface area contributed by atoms with Gasteiger partial charge in [0.1, 0.15) is 5.75 Å². The Morgan fingerprint density at radius 2 is 1.86 bits per heavy atom. The zero-order valence-electron chi connectivity index (χ0n) is 16.5. The molecule has 1 saturated heterocycles. The smallest absolute Gasteiger partial charge is 0.251 e. The molecule has 0 bridgehead atoms. The normalized spacial score (nSPS) is 16.9. The van der Waals surface area contributed by atoms with Crippen molar-refractivity contribution in [3.05, 3.63) is 54.1 Å². The van der Waals surface area contributed by atoms with Crippen molar-refractivity contribution in [2.75, 3.05) is 32.6 Å². The highest BCUT2D eigenvalue weighted by atomic mass is 32.2. The number of hydrogen-bond acceptors (Lipinski definition) is 5. The van der Waals surface area contributed by atoms with E-state index in [0.29, 0.717) is 23.5 Å². The Morgan fingerprint density at radius 1 is 1.17 bits per heavy atom. The number of rotatable bonds is 6. The van der Waals surface area contributed by atoms with Crippen LogP contribution in [0, 0.1) is 0 Å². The third-order valence-corrected chi connectivity index (χ3v) is 6.55. The summed E-state index contributed by atoms with van der Waals surface area (Å²) in [6.45, 7) is 0.352. The second-order valence-electron chi connectivity index (χ2n) is 6.89. The minimum atomic E-state index is -3.55. The molecular weight excluding hydrogens is 394 g/mol. The second kappa shape index (κ2) is 8.22. The highest BCUT2D eigenvalue weighted by Crippen LogP contribution is 2.25. The van der Waals surface area contributed by atoms with Gasteiger partial charge in [-0.25, -0.2) is 12.7 Å². The highest BCUT2D eigenvalue weighted by Gasteiger charge is 2.32. The molecule has 8 nitrogen and oxygen atoms in total. The summed E-state index contributed by atoms with van der Waals surface area (Å²) >= 11 is 0. The zero-order valence-corrected chi connectivity index (χ0v) is 17.3. The molecule has 1 aliphatic rings. The van der Waals surface area contributed by atoms with E-state index >= 15 is 0 Å². The van der Waals surface area contributed by atoms with Crippen LogP contribution in [-0.4, -0.2) is 58.3 Å². The van der Waals surface area contributed by atoms with Gasteiger partial charge in [0.25, 0.3) is 5.91 Å². The molecule has 1 fully saturated rings. The van der Waals surface area contributed by atoms with Gasteiger partial charge in [0.05, 0.1) is 18.0 Å². The van der Waals surface area contributed by atoms with Gasteiger partial charge in [-0.05, 0) is 36.4 Å². The van der Waals surface area contributed by atoms with Gasteiger partial charge in [-0.15, -0.1) is 0 Å². The molecule has 0 aromatic heterocycles. The monoisotopic (exact) mass is 417 g/mol. The van der Waals surface area contributed by atoms with Gasteiger partial charge >= 0.3 is 0 Å². The number of nitrogens with zero attached hydrogens (tertiary/aromatic N) is 2. The van der Waals surface area contributed by atoms with E-state index in [9.17, 15) is 18.0 Å². The van der Waals surface area contributed by atoms with Gasteiger partial charge < -0.3 is 15.0 Å². The van der Waals surface area contributed by atoms with Crippen molar-refractivity contribution in [1.82, 2.24) is 9.62 Å². The number of carbonyl (C=O) groups excluding carboxylic acids is 2. The van der Waals surface area contributed by atoms with Crippen molar-refractivity contribution in [2.24, 2.45) is 0 Å². The van der Waals surface area contributed by atoms with Crippen molar-refractivity contribution in [3.8, 4) is 5.75 Å². The number of nitrogens with one attached hydrogen (secondary N) is 1. The van der Waals surface area contributed by atoms with Gasteiger partial charge in [-0.3, -0.25) is 9.59 Å². The van der Waals surface area contributed by atoms with Crippen LogP contribution in [0.25, 0.3) is 0 Å². The van der Waals surface area contributed by atoms with Crippen LogP contribution in [0.15, 0.2) is 53.4 Å². The van der Waals surface area contributed by atoms with Crippen LogP contribution in [0.1, 0.15) is 16.8 Å². The van der Waals surface area contributed by atoms with E-state index in [1.165, 1.54) is 38.4 Å². The third kappa shape index (κ3) is 4.41. The fourth-order valence-corrected chi connectivity index (χ4v) is 3.99. The number of sulfonamides is 1. The van der Waals surface area contributed by atoms with E-state index in [-0.39, 0.29) is 29.2 Å². The third-order valence-electron chi connectivity index (χ3n) is 4.72. The van der Waals surface area contributed by atoms with Crippen LogP contribution in [0.5, 0.6) is 5.75 Å². The molecule has 0 saturated carbocycles. The first-order valence-corrected chi connectivity index (χ1v) is 10.4. The molecule has 2 aromatic rings. The summed E-state index contributed by atoms with van der Waals surface area (Å²) in [5.74, 6) is 0.204. The fourth-order valence-electron chi connectivity index (χ4n) is 3.09. The first kappa shape index (κ1) is 20.8. The summed E-state index contributed by atoms with van der Waals surface area (Å²) in [6.07, 6.45) is 0.191. The highest BCUT2D eigenvalue weighted by molar-refractivity contribution is 7.89. The molecule has 154 valence electrons. The summed E-state index contributed by atoms with van der Waals surface area (Å²) in [4.78, 5) is 26.6. The fraction of sp³-hybridized carbons (Fsp3) is 0.300. The van der Waals surface area contributed by atoms with Crippen LogP contribution in [0.3, 0.4) is 0 Å². The molecule has 0 spiro atoms. The van der Waals surface area contributed by atoms with E-state index in [1.54, 1.807) is 30.2 Å². The lowest BCUT2D eigenvalue weighted by Gasteiger charge is -2.18. The number of benzene rings is 2. The topological polar surface area (TPSA) is 96.0 Å². The quantitative estimate of drug-likeness (QED) is 0.768. The molecule has 0 radical (unpaired) electrons. The molecule has 1 aliphatic heterocycles. The van der Waals surface area contributed by atoms with Gasteiger partial charge in [-0.2, -0.15) is 0 Å². The molecule has 0 unspecified atom stereocenters. The zero-order chi connectivity index (χ0) is 21.2. The van der Waals surface area contributed by atoms with Crippen LogP contribution in [0.2, 0.25) is 0 Å². The Morgan fingerprint density at radius 3 is 2.48 bits per heavy atom. The van der Waals surface area contributed by atoms with Gasteiger partial charge in [0.2, 0.25) is 15.9 Å².